The molecule has 81 heavy (non-hydrogen) atoms. The Hall–Kier alpha value is -4.97. The molecule has 0 aliphatic carbocycles. The van der Waals surface area contributed by atoms with Crippen molar-refractivity contribution in [3.63, 3.8) is 0 Å². The van der Waals surface area contributed by atoms with Gasteiger partial charge in [0.15, 0.2) is 6.10 Å². The van der Waals surface area contributed by atoms with Gasteiger partial charge in [0.05, 0.1) is 0 Å². The van der Waals surface area contributed by atoms with Gasteiger partial charge in [-0.05, 0) is 148 Å². The Morgan fingerprint density at radius 1 is 0.259 bits per heavy atom. The molecule has 0 spiro atoms. The van der Waals surface area contributed by atoms with Gasteiger partial charge in [0.2, 0.25) is 0 Å². The van der Waals surface area contributed by atoms with E-state index in [0.717, 1.165) is 161 Å². The lowest BCUT2D eigenvalue weighted by Gasteiger charge is -2.18. The van der Waals surface area contributed by atoms with Crippen LogP contribution >= 0.6 is 0 Å². The SMILES string of the molecule is CC/C=C\C/C=C\C/C=C\C/C=C\C/C=C\C/C=C\C/C=C\C/C=C\C/C=C\CCCCCCCC(=O)OCC(COC(=O)CCCCC/C=C\C/C=C\C/C=C\CC)OC(=O)CCCCCCCCC/C=C\CCCCCCCC. The summed E-state index contributed by atoms with van der Waals surface area (Å²) in [6.45, 7) is 6.36. The van der Waals surface area contributed by atoms with Gasteiger partial charge in [0.25, 0.3) is 0 Å². The van der Waals surface area contributed by atoms with Crippen LogP contribution in [0.15, 0.2) is 158 Å². The second-order valence-corrected chi connectivity index (χ2v) is 21.3. The molecule has 0 aliphatic rings. The summed E-state index contributed by atoms with van der Waals surface area (Å²) in [4.78, 5) is 38.3. The van der Waals surface area contributed by atoms with Crippen molar-refractivity contribution in [3.8, 4) is 0 Å². The number of esters is 3. The van der Waals surface area contributed by atoms with Gasteiger partial charge in [-0.15, -0.1) is 0 Å². The maximum atomic E-state index is 12.9. The number of ether oxygens (including phenoxy) is 3. The molecule has 0 radical (unpaired) electrons. The van der Waals surface area contributed by atoms with E-state index < -0.39 is 6.10 Å². The molecule has 6 heteroatoms. The number of carbonyl (C=O) groups is 3. The molecule has 0 bridgehead atoms. The Morgan fingerprint density at radius 2 is 0.481 bits per heavy atom. The van der Waals surface area contributed by atoms with E-state index in [9.17, 15) is 14.4 Å². The van der Waals surface area contributed by atoms with Crippen LogP contribution in [-0.2, 0) is 28.6 Å². The molecular formula is C75H120O6. The number of carbonyl (C=O) groups excluding carboxylic acids is 3. The quantitative estimate of drug-likeness (QED) is 0.0261. The predicted octanol–water partition coefficient (Wildman–Crippen LogP) is 22.9. The molecule has 0 aliphatic heterocycles. The van der Waals surface area contributed by atoms with E-state index in [1.165, 1.54) is 77.0 Å². The fourth-order valence-corrected chi connectivity index (χ4v) is 8.62. The van der Waals surface area contributed by atoms with Crippen LogP contribution in [0.4, 0.5) is 0 Å². The fourth-order valence-electron chi connectivity index (χ4n) is 8.62. The van der Waals surface area contributed by atoms with Crippen LogP contribution in [0.5, 0.6) is 0 Å². The minimum atomic E-state index is -0.808. The van der Waals surface area contributed by atoms with Crippen molar-refractivity contribution in [1.82, 2.24) is 0 Å². The number of unbranched alkanes of at least 4 members (excludes halogenated alkanes) is 21. The van der Waals surface area contributed by atoms with Crippen molar-refractivity contribution in [2.24, 2.45) is 0 Å². The van der Waals surface area contributed by atoms with Gasteiger partial charge >= 0.3 is 17.9 Å². The summed E-state index contributed by atoms with van der Waals surface area (Å²) in [5, 5.41) is 0. The molecule has 0 saturated heterocycles. The van der Waals surface area contributed by atoms with Crippen molar-refractivity contribution in [3.05, 3.63) is 158 Å². The zero-order chi connectivity index (χ0) is 58.5. The largest absolute Gasteiger partial charge is 0.462 e. The standard InChI is InChI=1S/C75H120O6/c1-4-7-10-13-16-19-22-25-27-29-30-31-32-33-34-35-36-37-38-39-40-41-42-43-44-46-47-50-53-56-59-62-65-68-74(77)80-71-72(70-79-73(76)67-64-61-58-55-52-49-24-21-18-15-12-9-6-3)81-75(78)69-66-63-60-57-54-51-48-45-28-26-23-20-17-14-11-8-5-2/h7,9-10,12,16,18-19,21,25-28,30-31,33-34,36-37,39-40,42-43,46-47,49,52,72H,4-6,8,11,13-15,17,20,22-24,29,32,35,38,41,44-45,48,50-51,53-71H2,1-3H3/b10-7-,12-9-,19-16-,21-18-,27-25-,28-26-,31-30-,34-33-,37-36-,40-39-,43-42-,47-46-,52-49-. The first kappa shape index (κ1) is 76.0. The highest BCUT2D eigenvalue weighted by atomic mass is 16.6. The van der Waals surface area contributed by atoms with Gasteiger partial charge in [-0.25, -0.2) is 0 Å². The lowest BCUT2D eigenvalue weighted by Crippen LogP contribution is -2.30. The second-order valence-electron chi connectivity index (χ2n) is 21.3. The van der Waals surface area contributed by atoms with Gasteiger partial charge in [-0.2, -0.15) is 0 Å². The smallest absolute Gasteiger partial charge is 0.306 e. The topological polar surface area (TPSA) is 78.9 Å². The Balaban J connectivity index is 4.36. The zero-order valence-electron chi connectivity index (χ0n) is 52.2. The molecule has 0 amide bonds. The summed E-state index contributed by atoms with van der Waals surface area (Å²) in [6.07, 6.45) is 98.3. The molecule has 1 unspecified atom stereocenters. The van der Waals surface area contributed by atoms with E-state index in [1.54, 1.807) is 0 Å². The van der Waals surface area contributed by atoms with Gasteiger partial charge in [-0.1, -0.05) is 269 Å². The second kappa shape index (κ2) is 67.5. The number of rotatable bonds is 58. The van der Waals surface area contributed by atoms with Crippen LogP contribution in [0.25, 0.3) is 0 Å². The van der Waals surface area contributed by atoms with Crippen molar-refractivity contribution in [1.29, 1.82) is 0 Å². The molecule has 0 aromatic heterocycles. The Bertz CT molecular complexity index is 1810. The average molecular weight is 1120 g/mol. The minimum absolute atomic E-state index is 0.105. The first-order valence-electron chi connectivity index (χ1n) is 33.0. The van der Waals surface area contributed by atoms with Crippen LogP contribution in [0.3, 0.4) is 0 Å². The van der Waals surface area contributed by atoms with Crippen molar-refractivity contribution < 1.29 is 28.6 Å². The van der Waals surface area contributed by atoms with Gasteiger partial charge < -0.3 is 14.2 Å². The molecular weight excluding hydrogens is 997 g/mol. The van der Waals surface area contributed by atoms with Crippen LogP contribution in [-0.4, -0.2) is 37.2 Å². The van der Waals surface area contributed by atoms with Crippen molar-refractivity contribution >= 4 is 17.9 Å². The monoisotopic (exact) mass is 1120 g/mol. The molecule has 0 rings (SSSR count). The van der Waals surface area contributed by atoms with Crippen molar-refractivity contribution in [2.75, 3.05) is 13.2 Å². The third-order valence-electron chi connectivity index (χ3n) is 13.5. The summed E-state index contributed by atoms with van der Waals surface area (Å²) < 4.78 is 16.9. The van der Waals surface area contributed by atoms with E-state index in [-0.39, 0.29) is 31.1 Å². The number of hydrogen-bond acceptors (Lipinski definition) is 6. The fraction of sp³-hybridized carbons (Fsp3) is 0.613. The zero-order valence-corrected chi connectivity index (χ0v) is 52.2. The molecule has 0 aromatic rings. The highest BCUT2D eigenvalue weighted by Gasteiger charge is 2.19. The van der Waals surface area contributed by atoms with E-state index in [4.69, 9.17) is 14.2 Å². The maximum absolute atomic E-state index is 12.9. The summed E-state index contributed by atoms with van der Waals surface area (Å²) >= 11 is 0. The molecule has 6 nitrogen and oxygen atoms in total. The van der Waals surface area contributed by atoms with Gasteiger partial charge in [0.1, 0.15) is 13.2 Å². The number of hydrogen-bond donors (Lipinski definition) is 0. The van der Waals surface area contributed by atoms with Crippen LogP contribution in [0.1, 0.15) is 278 Å². The lowest BCUT2D eigenvalue weighted by atomic mass is 10.1. The van der Waals surface area contributed by atoms with E-state index >= 15 is 0 Å². The first-order valence-corrected chi connectivity index (χ1v) is 33.0. The van der Waals surface area contributed by atoms with Gasteiger partial charge in [0, 0.05) is 19.3 Å². The maximum Gasteiger partial charge on any atom is 0.306 e. The predicted molar refractivity (Wildman–Crippen MR) is 352 cm³/mol. The van der Waals surface area contributed by atoms with Crippen LogP contribution in [0.2, 0.25) is 0 Å². The molecule has 0 aromatic carbocycles. The molecule has 0 heterocycles. The highest BCUT2D eigenvalue weighted by molar-refractivity contribution is 5.71. The van der Waals surface area contributed by atoms with E-state index in [1.807, 2.05) is 0 Å². The van der Waals surface area contributed by atoms with Crippen LogP contribution < -0.4 is 0 Å². The molecule has 0 N–H and O–H groups in total. The summed E-state index contributed by atoms with van der Waals surface area (Å²) in [5.74, 6) is -0.958. The highest BCUT2D eigenvalue weighted by Crippen LogP contribution is 2.14. The van der Waals surface area contributed by atoms with Crippen molar-refractivity contribution in [2.45, 2.75) is 284 Å². The average Bonchev–Trinajstić information content (AvgIpc) is 3.46. The Labute approximate surface area is 499 Å². The Morgan fingerprint density at radius 3 is 0.778 bits per heavy atom. The third kappa shape index (κ3) is 65.7. The van der Waals surface area contributed by atoms with E-state index in [0.29, 0.717) is 19.3 Å². The summed E-state index contributed by atoms with van der Waals surface area (Å²) in [5.41, 5.74) is 0. The minimum Gasteiger partial charge on any atom is -0.462 e. The third-order valence-corrected chi connectivity index (χ3v) is 13.5. The summed E-state index contributed by atoms with van der Waals surface area (Å²) in [7, 11) is 0. The molecule has 0 saturated carbocycles. The molecule has 1 atom stereocenters. The lowest BCUT2D eigenvalue weighted by molar-refractivity contribution is -0.167. The van der Waals surface area contributed by atoms with Crippen LogP contribution in [0, 0.1) is 0 Å². The normalized spacial score (nSPS) is 13.2. The first-order chi connectivity index (χ1) is 40.0. The van der Waals surface area contributed by atoms with E-state index in [2.05, 4.69) is 179 Å². The summed E-state index contributed by atoms with van der Waals surface area (Å²) in [6, 6.07) is 0. The van der Waals surface area contributed by atoms with Gasteiger partial charge in [-0.3, -0.25) is 14.4 Å². The molecule has 0 fully saturated rings. The Kier molecular flexibility index (Phi) is 63.4. The number of allylic oxidation sites excluding steroid dienone is 26. The molecule has 456 valence electrons.